The molecule has 1 aromatic carbocycles. The van der Waals surface area contributed by atoms with Crippen molar-refractivity contribution < 1.29 is 22.4 Å². The zero-order valence-electron chi connectivity index (χ0n) is 12.5. The van der Waals surface area contributed by atoms with Crippen LogP contribution in [-0.4, -0.2) is 33.7 Å². The number of methoxy groups -OCH3 is 1. The lowest BCUT2D eigenvalue weighted by molar-refractivity contribution is 0.0996. The van der Waals surface area contributed by atoms with Crippen LogP contribution in [0.3, 0.4) is 0 Å². The van der Waals surface area contributed by atoms with E-state index < -0.39 is 15.9 Å². The molecule has 1 aliphatic heterocycles. The molecule has 0 saturated carbocycles. The van der Waals surface area contributed by atoms with Gasteiger partial charge in [-0.15, -0.1) is 0 Å². The van der Waals surface area contributed by atoms with Crippen LogP contribution < -0.4 is 14.4 Å². The van der Waals surface area contributed by atoms with Crippen LogP contribution >= 0.6 is 0 Å². The van der Waals surface area contributed by atoms with Gasteiger partial charge in [0.05, 0.1) is 30.5 Å². The average molecular weight is 336 g/mol. The summed E-state index contributed by atoms with van der Waals surface area (Å²) >= 11 is 0. The summed E-state index contributed by atoms with van der Waals surface area (Å²) in [5, 5.41) is 2.68. The van der Waals surface area contributed by atoms with Crippen molar-refractivity contribution in [2.75, 3.05) is 29.0 Å². The Balaban J connectivity index is 1.92. The largest absolute Gasteiger partial charge is 0.495 e. The number of amides is 1. The summed E-state index contributed by atoms with van der Waals surface area (Å²) in [7, 11) is -1.81. The molecule has 0 bridgehead atoms. The van der Waals surface area contributed by atoms with Gasteiger partial charge in [0, 0.05) is 6.54 Å². The van der Waals surface area contributed by atoms with Crippen LogP contribution in [0.1, 0.15) is 17.0 Å². The van der Waals surface area contributed by atoms with E-state index in [1.54, 1.807) is 24.3 Å². The van der Waals surface area contributed by atoms with E-state index in [4.69, 9.17) is 9.15 Å². The van der Waals surface area contributed by atoms with Gasteiger partial charge in [0.15, 0.2) is 5.76 Å². The molecule has 122 valence electrons. The molecule has 23 heavy (non-hydrogen) atoms. The van der Waals surface area contributed by atoms with Crippen molar-refractivity contribution in [1.29, 1.82) is 0 Å². The molecule has 0 aliphatic carbocycles. The van der Waals surface area contributed by atoms with Crippen LogP contribution in [0.4, 0.5) is 11.4 Å². The van der Waals surface area contributed by atoms with E-state index in [2.05, 4.69) is 5.32 Å². The predicted octanol–water partition coefficient (Wildman–Crippen LogP) is 2.08. The monoisotopic (exact) mass is 336 g/mol. The van der Waals surface area contributed by atoms with Crippen LogP contribution in [-0.2, 0) is 10.0 Å². The molecule has 1 N–H and O–H groups in total. The second kappa shape index (κ2) is 5.96. The second-order valence-electron chi connectivity index (χ2n) is 5.06. The third kappa shape index (κ3) is 3.02. The molecule has 2 heterocycles. The van der Waals surface area contributed by atoms with Crippen LogP contribution in [0, 0.1) is 0 Å². The molecule has 0 spiro atoms. The maximum Gasteiger partial charge on any atom is 0.291 e. The standard InChI is InChI=1S/C15H16N2O5S/c1-21-13-6-5-11(17-7-3-9-23(17,19)20)10-12(13)16-15(18)14-4-2-8-22-14/h2,4-6,8,10H,3,7,9H2,1H3,(H,16,18). The van der Waals surface area contributed by atoms with Gasteiger partial charge in [-0.25, -0.2) is 8.42 Å². The van der Waals surface area contributed by atoms with E-state index in [-0.39, 0.29) is 11.5 Å². The SMILES string of the molecule is COc1ccc(N2CCCS2(=O)=O)cc1NC(=O)c1ccco1. The van der Waals surface area contributed by atoms with Gasteiger partial charge in [-0.3, -0.25) is 9.10 Å². The Morgan fingerprint density at radius 1 is 1.35 bits per heavy atom. The van der Waals surface area contributed by atoms with E-state index in [0.717, 1.165) is 0 Å². The van der Waals surface area contributed by atoms with E-state index in [1.165, 1.54) is 23.7 Å². The lowest BCUT2D eigenvalue weighted by Gasteiger charge is -2.19. The number of nitrogens with one attached hydrogen (secondary N) is 1. The fourth-order valence-electron chi connectivity index (χ4n) is 2.47. The van der Waals surface area contributed by atoms with Crippen LogP contribution in [0.15, 0.2) is 41.0 Å². The van der Waals surface area contributed by atoms with Gasteiger partial charge >= 0.3 is 0 Å². The molecular weight excluding hydrogens is 320 g/mol. The topological polar surface area (TPSA) is 88.9 Å². The highest BCUT2D eigenvalue weighted by Crippen LogP contribution is 2.33. The first-order valence-corrected chi connectivity index (χ1v) is 8.65. The maximum atomic E-state index is 12.1. The molecule has 1 aromatic heterocycles. The number of anilines is 2. The van der Waals surface area contributed by atoms with E-state index in [9.17, 15) is 13.2 Å². The van der Waals surface area contributed by atoms with Gasteiger partial charge in [-0.05, 0) is 36.8 Å². The Bertz CT molecular complexity index is 814. The molecule has 1 saturated heterocycles. The van der Waals surface area contributed by atoms with Gasteiger partial charge in [0.2, 0.25) is 10.0 Å². The summed E-state index contributed by atoms with van der Waals surface area (Å²) in [4.78, 5) is 12.1. The number of sulfonamides is 1. The van der Waals surface area contributed by atoms with Crippen LogP contribution in [0.25, 0.3) is 0 Å². The number of hydrogen-bond donors (Lipinski definition) is 1. The molecule has 8 heteroatoms. The summed E-state index contributed by atoms with van der Waals surface area (Å²) in [5.74, 6) is 0.291. The lowest BCUT2D eigenvalue weighted by atomic mass is 10.2. The molecule has 0 unspecified atom stereocenters. The first kappa shape index (κ1) is 15.4. The molecular formula is C15H16N2O5S. The normalized spacial score (nSPS) is 16.3. The van der Waals surface area contributed by atoms with E-state index >= 15 is 0 Å². The van der Waals surface area contributed by atoms with Crippen molar-refractivity contribution in [1.82, 2.24) is 0 Å². The second-order valence-corrected chi connectivity index (χ2v) is 7.07. The Morgan fingerprint density at radius 3 is 2.78 bits per heavy atom. The number of ether oxygens (including phenoxy) is 1. The summed E-state index contributed by atoms with van der Waals surface area (Å²) in [6.07, 6.45) is 1.99. The molecule has 1 amide bonds. The molecule has 0 atom stereocenters. The Hall–Kier alpha value is -2.48. The molecule has 7 nitrogen and oxygen atoms in total. The van der Waals surface area contributed by atoms with Crippen LogP contribution in [0.5, 0.6) is 5.75 Å². The minimum Gasteiger partial charge on any atom is -0.495 e. The van der Waals surface area contributed by atoms with Gasteiger partial charge < -0.3 is 14.5 Å². The highest BCUT2D eigenvalue weighted by molar-refractivity contribution is 7.93. The van der Waals surface area contributed by atoms with Crippen molar-refractivity contribution in [3.05, 3.63) is 42.4 Å². The third-order valence-corrected chi connectivity index (χ3v) is 5.43. The minimum atomic E-state index is -3.29. The predicted molar refractivity (Wildman–Crippen MR) is 85.4 cm³/mol. The number of benzene rings is 1. The lowest BCUT2D eigenvalue weighted by Crippen LogP contribution is -2.25. The van der Waals surface area contributed by atoms with Crippen molar-refractivity contribution in [2.24, 2.45) is 0 Å². The Kier molecular flexibility index (Phi) is 3.99. The third-order valence-electron chi connectivity index (χ3n) is 3.56. The first-order valence-electron chi connectivity index (χ1n) is 7.04. The van der Waals surface area contributed by atoms with E-state index in [1.807, 2.05) is 0 Å². The maximum absolute atomic E-state index is 12.1. The molecule has 0 radical (unpaired) electrons. The summed E-state index contributed by atoms with van der Waals surface area (Å²) < 4.78 is 35.7. The molecule has 2 aromatic rings. The number of carbonyl (C=O) groups excluding carboxylic acids is 1. The summed E-state index contributed by atoms with van der Waals surface area (Å²) in [6.45, 7) is 0.431. The number of furan rings is 1. The first-order chi connectivity index (χ1) is 11.0. The van der Waals surface area contributed by atoms with Crippen molar-refractivity contribution in [3.63, 3.8) is 0 Å². The van der Waals surface area contributed by atoms with Crippen molar-refractivity contribution >= 4 is 27.3 Å². The fraction of sp³-hybridized carbons (Fsp3) is 0.267. The van der Waals surface area contributed by atoms with Crippen molar-refractivity contribution in [2.45, 2.75) is 6.42 Å². The highest BCUT2D eigenvalue weighted by Gasteiger charge is 2.29. The average Bonchev–Trinajstić information content (AvgIpc) is 3.16. The van der Waals surface area contributed by atoms with Gasteiger partial charge in [-0.2, -0.15) is 0 Å². The van der Waals surface area contributed by atoms with Gasteiger partial charge in [0.25, 0.3) is 5.91 Å². The summed E-state index contributed by atoms with van der Waals surface area (Å²) in [5.41, 5.74) is 0.881. The van der Waals surface area contributed by atoms with Crippen molar-refractivity contribution in [3.8, 4) is 5.75 Å². The Morgan fingerprint density at radius 2 is 2.17 bits per heavy atom. The quantitative estimate of drug-likeness (QED) is 0.923. The Labute approximate surface area is 133 Å². The number of rotatable bonds is 4. The van der Waals surface area contributed by atoms with Crippen LogP contribution in [0.2, 0.25) is 0 Å². The zero-order chi connectivity index (χ0) is 16.4. The number of carbonyl (C=O) groups is 1. The molecule has 3 rings (SSSR count). The minimum absolute atomic E-state index is 0.132. The molecule has 1 fully saturated rings. The number of nitrogens with zero attached hydrogens (tertiary/aromatic N) is 1. The van der Waals surface area contributed by atoms with Gasteiger partial charge in [-0.1, -0.05) is 0 Å². The van der Waals surface area contributed by atoms with E-state index in [0.29, 0.717) is 30.1 Å². The fourth-order valence-corrected chi connectivity index (χ4v) is 4.03. The molecule has 1 aliphatic rings. The number of hydrogen-bond acceptors (Lipinski definition) is 5. The zero-order valence-corrected chi connectivity index (χ0v) is 13.3. The smallest absolute Gasteiger partial charge is 0.291 e. The summed E-state index contributed by atoms with van der Waals surface area (Å²) in [6, 6.07) is 8.02. The highest BCUT2D eigenvalue weighted by atomic mass is 32.2. The van der Waals surface area contributed by atoms with Gasteiger partial charge in [0.1, 0.15) is 5.75 Å².